The van der Waals surface area contributed by atoms with Gasteiger partial charge in [-0.2, -0.15) is 0 Å². The third-order valence-corrected chi connectivity index (χ3v) is 3.79. The summed E-state index contributed by atoms with van der Waals surface area (Å²) in [6, 6.07) is 5.90. The van der Waals surface area contributed by atoms with E-state index in [1.807, 2.05) is 32.0 Å². The smallest absolute Gasteiger partial charge is 0.318 e. The second-order valence-electron chi connectivity index (χ2n) is 4.34. The summed E-state index contributed by atoms with van der Waals surface area (Å²) < 4.78 is 4.61. The highest BCUT2D eigenvalue weighted by Crippen LogP contribution is 2.17. The monoisotopic (exact) mass is 281 g/mol. The minimum absolute atomic E-state index is 0.116. The van der Waals surface area contributed by atoms with Gasteiger partial charge in [0, 0.05) is 5.69 Å². The molecule has 0 saturated carbocycles. The number of carbonyl (C=O) groups is 2. The number of nitrogens with one attached hydrogen (secondary N) is 1. The Balaban J connectivity index is 2.52. The molecular formula is C14H19NO3S. The van der Waals surface area contributed by atoms with E-state index in [0.29, 0.717) is 0 Å². The lowest BCUT2D eigenvalue weighted by Crippen LogP contribution is -2.20. The molecule has 1 aromatic carbocycles. The Bertz CT molecular complexity index is 474. The van der Waals surface area contributed by atoms with E-state index in [0.717, 1.165) is 16.8 Å². The van der Waals surface area contributed by atoms with Gasteiger partial charge < -0.3 is 10.1 Å². The topological polar surface area (TPSA) is 55.4 Å². The summed E-state index contributed by atoms with van der Waals surface area (Å²) in [4.78, 5) is 23.0. The number of aryl methyl sites for hydroxylation is 2. The van der Waals surface area contributed by atoms with Crippen molar-refractivity contribution in [3.05, 3.63) is 29.3 Å². The van der Waals surface area contributed by atoms with Gasteiger partial charge in [-0.05, 0) is 38.0 Å². The van der Waals surface area contributed by atoms with Crippen molar-refractivity contribution >= 4 is 29.3 Å². The Morgan fingerprint density at radius 1 is 1.37 bits per heavy atom. The number of anilines is 1. The minimum Gasteiger partial charge on any atom is -0.468 e. The lowest BCUT2D eigenvalue weighted by atomic mass is 10.1. The Labute approximate surface area is 117 Å². The molecular weight excluding hydrogens is 262 g/mol. The van der Waals surface area contributed by atoms with Crippen molar-refractivity contribution in [3.8, 4) is 0 Å². The number of amides is 1. The summed E-state index contributed by atoms with van der Waals surface area (Å²) in [5.74, 6) is -0.206. The number of ether oxygens (including phenoxy) is 1. The quantitative estimate of drug-likeness (QED) is 0.843. The van der Waals surface area contributed by atoms with Crippen molar-refractivity contribution in [3.63, 3.8) is 0 Å². The molecule has 4 nitrogen and oxygen atoms in total. The molecule has 0 bridgehead atoms. The average Bonchev–Trinajstić information content (AvgIpc) is 2.39. The van der Waals surface area contributed by atoms with Gasteiger partial charge in [0.2, 0.25) is 5.91 Å². The van der Waals surface area contributed by atoms with Crippen molar-refractivity contribution < 1.29 is 14.3 Å². The van der Waals surface area contributed by atoms with Crippen LogP contribution in [0.4, 0.5) is 5.69 Å². The molecule has 0 aromatic heterocycles. The van der Waals surface area contributed by atoms with Gasteiger partial charge >= 0.3 is 5.97 Å². The molecule has 0 saturated heterocycles. The maximum absolute atomic E-state index is 11.8. The van der Waals surface area contributed by atoms with E-state index >= 15 is 0 Å². The van der Waals surface area contributed by atoms with Crippen LogP contribution >= 0.6 is 11.8 Å². The average molecular weight is 281 g/mol. The maximum Gasteiger partial charge on any atom is 0.318 e. The maximum atomic E-state index is 11.8. The first-order valence-electron chi connectivity index (χ1n) is 6.00. The lowest BCUT2D eigenvalue weighted by molar-refractivity contribution is -0.139. The zero-order valence-corrected chi connectivity index (χ0v) is 12.5. The summed E-state index contributed by atoms with van der Waals surface area (Å²) in [6.45, 7) is 5.64. The van der Waals surface area contributed by atoms with Gasteiger partial charge in [-0.15, -0.1) is 11.8 Å². The molecule has 0 fully saturated rings. The van der Waals surface area contributed by atoms with Gasteiger partial charge in [0.25, 0.3) is 0 Å². The lowest BCUT2D eigenvalue weighted by Gasteiger charge is -2.11. The van der Waals surface area contributed by atoms with Crippen molar-refractivity contribution in [1.82, 2.24) is 0 Å². The molecule has 0 heterocycles. The largest absolute Gasteiger partial charge is 0.468 e. The molecule has 1 rings (SSSR count). The molecule has 0 aliphatic heterocycles. The predicted octanol–water partition coefficient (Wildman–Crippen LogP) is 2.54. The first-order chi connectivity index (χ1) is 8.93. The van der Waals surface area contributed by atoms with Crippen molar-refractivity contribution in [2.75, 3.05) is 18.2 Å². The second-order valence-corrected chi connectivity index (χ2v) is 5.67. The molecule has 1 aromatic rings. The van der Waals surface area contributed by atoms with Crippen molar-refractivity contribution in [1.29, 1.82) is 0 Å². The van der Waals surface area contributed by atoms with Crippen LogP contribution in [0.2, 0.25) is 0 Å². The predicted molar refractivity (Wildman–Crippen MR) is 78.5 cm³/mol. The van der Waals surface area contributed by atoms with Gasteiger partial charge in [0.05, 0.1) is 12.9 Å². The van der Waals surface area contributed by atoms with E-state index in [2.05, 4.69) is 10.1 Å². The Kier molecular flexibility index (Phi) is 5.89. The van der Waals surface area contributed by atoms with E-state index in [1.54, 1.807) is 6.92 Å². The number of methoxy groups -OCH3 is 1. The number of benzene rings is 1. The highest BCUT2D eigenvalue weighted by Gasteiger charge is 2.15. The number of hydrogen-bond acceptors (Lipinski definition) is 4. The van der Waals surface area contributed by atoms with Crippen LogP contribution in [0, 0.1) is 13.8 Å². The molecule has 1 atom stereocenters. The fourth-order valence-electron chi connectivity index (χ4n) is 1.49. The number of esters is 1. The summed E-state index contributed by atoms with van der Waals surface area (Å²) >= 11 is 1.26. The van der Waals surface area contributed by atoms with Crippen LogP contribution in [0.25, 0.3) is 0 Å². The summed E-state index contributed by atoms with van der Waals surface area (Å²) in [7, 11) is 1.34. The van der Waals surface area contributed by atoms with Crippen molar-refractivity contribution in [2.24, 2.45) is 0 Å². The summed E-state index contributed by atoms with van der Waals surface area (Å²) in [5, 5.41) is 2.51. The molecule has 1 amide bonds. The van der Waals surface area contributed by atoms with Gasteiger partial charge in [0.15, 0.2) is 0 Å². The minimum atomic E-state index is -0.339. The molecule has 0 aliphatic rings. The molecule has 5 heteroatoms. The van der Waals surface area contributed by atoms with Gasteiger partial charge in [-0.1, -0.05) is 12.1 Å². The van der Waals surface area contributed by atoms with E-state index in [1.165, 1.54) is 18.9 Å². The molecule has 0 spiro atoms. The number of thioether (sulfide) groups is 1. The van der Waals surface area contributed by atoms with E-state index in [4.69, 9.17) is 0 Å². The fourth-order valence-corrected chi connectivity index (χ4v) is 2.20. The van der Waals surface area contributed by atoms with Gasteiger partial charge in [-0.25, -0.2) is 0 Å². The number of hydrogen-bond donors (Lipinski definition) is 1. The Morgan fingerprint density at radius 3 is 2.68 bits per heavy atom. The van der Waals surface area contributed by atoms with E-state index in [-0.39, 0.29) is 22.9 Å². The molecule has 19 heavy (non-hydrogen) atoms. The van der Waals surface area contributed by atoms with E-state index < -0.39 is 0 Å². The highest BCUT2D eigenvalue weighted by atomic mass is 32.2. The normalized spacial score (nSPS) is 11.8. The third kappa shape index (κ3) is 4.95. The van der Waals surface area contributed by atoms with Crippen LogP contribution < -0.4 is 5.32 Å². The Hall–Kier alpha value is -1.49. The van der Waals surface area contributed by atoms with Crippen LogP contribution in [0.1, 0.15) is 18.1 Å². The molecule has 0 aliphatic carbocycles. The zero-order valence-electron chi connectivity index (χ0n) is 11.6. The number of rotatable bonds is 5. The second kappa shape index (κ2) is 7.19. The van der Waals surface area contributed by atoms with Crippen molar-refractivity contribution in [2.45, 2.75) is 26.0 Å². The zero-order chi connectivity index (χ0) is 14.4. The number of carbonyl (C=O) groups excluding carboxylic acids is 2. The highest BCUT2D eigenvalue weighted by molar-refractivity contribution is 8.01. The fraction of sp³-hybridized carbons (Fsp3) is 0.429. The SMILES string of the molecule is COC(=O)C(C)SCC(=O)Nc1cc(C)ccc1C. The molecule has 104 valence electrons. The Morgan fingerprint density at radius 2 is 2.05 bits per heavy atom. The van der Waals surface area contributed by atoms with Gasteiger partial charge in [0.1, 0.15) is 5.25 Å². The first kappa shape index (κ1) is 15.6. The molecule has 0 radical (unpaired) electrons. The summed E-state index contributed by atoms with van der Waals surface area (Å²) in [6.07, 6.45) is 0. The first-order valence-corrected chi connectivity index (χ1v) is 7.05. The van der Waals surface area contributed by atoms with Crippen LogP contribution in [-0.2, 0) is 14.3 Å². The van der Waals surface area contributed by atoms with E-state index in [9.17, 15) is 9.59 Å². The van der Waals surface area contributed by atoms with Crippen LogP contribution in [0.5, 0.6) is 0 Å². The summed E-state index contributed by atoms with van der Waals surface area (Å²) in [5.41, 5.74) is 2.93. The van der Waals surface area contributed by atoms with Gasteiger partial charge in [-0.3, -0.25) is 9.59 Å². The molecule has 1 N–H and O–H groups in total. The van der Waals surface area contributed by atoms with Crippen LogP contribution in [0.3, 0.4) is 0 Å². The standard InChI is InChI=1S/C14H19NO3S/c1-9-5-6-10(2)12(7-9)15-13(16)8-19-11(3)14(17)18-4/h5-7,11H,8H2,1-4H3,(H,15,16). The van der Waals surface area contributed by atoms with Crippen LogP contribution in [-0.4, -0.2) is 30.0 Å². The van der Waals surface area contributed by atoms with Crippen LogP contribution in [0.15, 0.2) is 18.2 Å². The third-order valence-electron chi connectivity index (χ3n) is 2.66. The molecule has 1 unspecified atom stereocenters.